The minimum absolute atomic E-state index is 0.692. The van der Waals surface area contributed by atoms with E-state index in [9.17, 15) is 0 Å². The summed E-state index contributed by atoms with van der Waals surface area (Å²) in [7, 11) is 0. The molecule has 0 fully saturated rings. The first-order valence-corrected chi connectivity index (χ1v) is 40.2. The molecule has 7 nitrogen and oxygen atoms in total. The van der Waals surface area contributed by atoms with Crippen LogP contribution < -0.4 is 0 Å². The van der Waals surface area contributed by atoms with Gasteiger partial charge >= 0.3 is 0 Å². The molecule has 0 atom stereocenters. The van der Waals surface area contributed by atoms with Gasteiger partial charge in [-0.3, -0.25) is 0 Å². The Kier molecular flexibility index (Phi) is 17.1. The Morgan fingerprint density at radius 2 is 0.347 bits per heavy atom. The molecule has 0 saturated carbocycles. The molecule has 0 aliphatic carbocycles. The fourth-order valence-corrected chi connectivity index (χ4v) is 17.7. The van der Waals surface area contributed by atoms with E-state index >= 15 is 0 Å². The van der Waals surface area contributed by atoms with Crippen LogP contribution in [0.25, 0.3) is 211 Å². The van der Waals surface area contributed by atoms with Crippen LogP contribution in [0.4, 0.5) is 0 Å². The molecule has 0 spiro atoms. The number of hydrogen-bond acceptors (Lipinski definition) is 3. The molecule has 552 valence electrons. The van der Waals surface area contributed by atoms with E-state index in [4.69, 9.17) is 15.0 Å². The summed E-state index contributed by atoms with van der Waals surface area (Å²) in [6.45, 7) is 0. The van der Waals surface area contributed by atoms with Gasteiger partial charge < -0.3 is 18.3 Å². The van der Waals surface area contributed by atoms with Crippen LogP contribution in [0.15, 0.2) is 443 Å². The summed E-state index contributed by atoms with van der Waals surface area (Å²) >= 11 is 0. The third kappa shape index (κ3) is 12.2. The van der Waals surface area contributed by atoms with E-state index in [-0.39, 0.29) is 0 Å². The molecule has 0 aliphatic rings. The Balaban J connectivity index is 0.000000143. The first-order valence-electron chi connectivity index (χ1n) is 40.2. The zero-order chi connectivity index (χ0) is 78.0. The summed E-state index contributed by atoms with van der Waals surface area (Å²) in [5.41, 5.74) is 32.3. The molecule has 0 amide bonds. The molecule has 118 heavy (non-hydrogen) atoms. The van der Waals surface area contributed by atoms with Gasteiger partial charge in [-0.15, -0.1) is 0 Å². The minimum atomic E-state index is 0.692. The molecule has 6 aromatic heterocycles. The fraction of sp³-hybridized carbons (Fsp3) is 0. The number of nitrogens with zero attached hydrogens (tertiary/aromatic N) is 7. The predicted molar refractivity (Wildman–Crippen MR) is 493 cm³/mol. The fourth-order valence-electron chi connectivity index (χ4n) is 17.7. The first kappa shape index (κ1) is 68.9. The van der Waals surface area contributed by atoms with Crippen molar-refractivity contribution >= 4 is 87.2 Å². The number of benzene rings is 17. The molecule has 6 heterocycles. The maximum absolute atomic E-state index is 5.34. The molecular formula is C111H73N7. The highest BCUT2D eigenvalue weighted by molar-refractivity contribution is 6.30. The monoisotopic (exact) mass is 1500 g/mol. The molecule has 23 aromatic rings. The van der Waals surface area contributed by atoms with Gasteiger partial charge in [0.05, 0.1) is 66.9 Å². The SMILES string of the molecule is c1ccc(-c2ccc(-c3cc(-c4ccc(-c5ccccc5)cc4)nc(-c4ccc(-n5c6ccccc6c6c7c8ccccc8n(-c8ccccc8)c7ccc65)cc4)c3)cc2)cc1.c1ccc(-c2ccc(-c3cc(-c4ccccc4)nc(-c4ccc(-n5c6ccccc6c6c7c8ccccc8n(-c8ccccc8)c7ccc65)cc4)n3)cc2)cc1. The average molecular weight is 1500 g/mol. The van der Waals surface area contributed by atoms with Gasteiger partial charge in [-0.05, 0) is 172 Å². The van der Waals surface area contributed by atoms with Gasteiger partial charge in [-0.25, -0.2) is 15.0 Å². The van der Waals surface area contributed by atoms with Crippen LogP contribution in [-0.2, 0) is 0 Å². The number of rotatable bonds is 13. The highest BCUT2D eigenvalue weighted by atomic mass is 15.0. The molecule has 0 bridgehead atoms. The van der Waals surface area contributed by atoms with Crippen molar-refractivity contribution in [3.05, 3.63) is 443 Å². The van der Waals surface area contributed by atoms with Gasteiger partial charge in [0.1, 0.15) is 0 Å². The summed E-state index contributed by atoms with van der Waals surface area (Å²) in [5, 5.41) is 10.0. The topological polar surface area (TPSA) is 58.4 Å². The summed E-state index contributed by atoms with van der Waals surface area (Å²) < 4.78 is 9.60. The van der Waals surface area contributed by atoms with Crippen LogP contribution in [0.1, 0.15) is 0 Å². The van der Waals surface area contributed by atoms with Gasteiger partial charge in [-0.2, -0.15) is 0 Å². The number of pyridine rings is 1. The van der Waals surface area contributed by atoms with Crippen molar-refractivity contribution in [1.82, 2.24) is 33.2 Å². The molecule has 0 N–H and O–H groups in total. The number of hydrogen-bond donors (Lipinski definition) is 0. The Morgan fingerprint density at radius 1 is 0.136 bits per heavy atom. The lowest BCUT2D eigenvalue weighted by Gasteiger charge is -2.13. The third-order valence-electron chi connectivity index (χ3n) is 23.3. The van der Waals surface area contributed by atoms with Crippen molar-refractivity contribution in [3.63, 3.8) is 0 Å². The van der Waals surface area contributed by atoms with E-state index in [0.717, 1.165) is 84.5 Å². The predicted octanol–water partition coefficient (Wildman–Crippen LogP) is 28.9. The first-order chi connectivity index (χ1) is 58.5. The van der Waals surface area contributed by atoms with E-state index < -0.39 is 0 Å². The van der Waals surface area contributed by atoms with Crippen LogP contribution in [-0.4, -0.2) is 33.2 Å². The third-order valence-corrected chi connectivity index (χ3v) is 23.3. The van der Waals surface area contributed by atoms with Gasteiger partial charge in [0.2, 0.25) is 0 Å². The van der Waals surface area contributed by atoms with E-state index in [2.05, 4.69) is 449 Å². The largest absolute Gasteiger partial charge is 0.309 e. The maximum atomic E-state index is 5.34. The highest BCUT2D eigenvalue weighted by Gasteiger charge is 2.24. The molecule has 0 aliphatic heterocycles. The number of aromatic nitrogens is 7. The highest BCUT2D eigenvalue weighted by Crippen LogP contribution is 2.46. The van der Waals surface area contributed by atoms with E-state index in [1.54, 1.807) is 0 Å². The minimum Gasteiger partial charge on any atom is -0.309 e. The van der Waals surface area contributed by atoms with Crippen LogP contribution in [0.2, 0.25) is 0 Å². The van der Waals surface area contributed by atoms with Crippen molar-refractivity contribution in [2.24, 2.45) is 0 Å². The Bertz CT molecular complexity index is 7590. The molecule has 0 saturated heterocycles. The normalized spacial score (nSPS) is 11.6. The quantitative estimate of drug-likeness (QED) is 0.116. The standard InChI is InChI=1S/C59H39N3.C52H34N4/c1-4-14-40(15-5-1)42-24-26-44(27-25-42)47-38-52(45-30-28-43(29-31-45)41-16-6-2-7-17-41)60-53(39-47)46-32-34-49(35-33-46)62-55-23-13-11-21-51(55)59-57(62)37-36-56-58(59)50-20-10-12-22-54(50)61(56)48-18-8-3-9-19-48;1-4-14-35(15-5-1)36-24-26-38(27-25-36)45-34-44(37-16-6-2-7-17-37)53-52(54-45)39-28-30-41(31-29-39)56-47-23-13-11-21-43(47)51-49(56)33-32-48-50(51)42-20-10-12-22-46(42)55(48)40-18-8-3-9-19-40/h1-39H;1-34H. The van der Waals surface area contributed by atoms with Gasteiger partial charge in [0.15, 0.2) is 5.82 Å². The molecule has 0 unspecified atom stereocenters. The molecule has 7 heteroatoms. The van der Waals surface area contributed by atoms with E-state index in [0.29, 0.717) is 5.82 Å². The lowest BCUT2D eigenvalue weighted by Crippen LogP contribution is -1.97. The number of fused-ring (bicyclic) bond motifs is 14. The average Bonchev–Trinajstić information content (AvgIpc) is 1.55. The lowest BCUT2D eigenvalue weighted by molar-refractivity contribution is 1.16. The second kappa shape index (κ2) is 29.3. The van der Waals surface area contributed by atoms with Crippen molar-refractivity contribution < 1.29 is 0 Å². The summed E-state index contributed by atoms with van der Waals surface area (Å²) in [6.07, 6.45) is 0. The Morgan fingerprint density at radius 3 is 0.661 bits per heavy atom. The molecular weight excluding hydrogens is 1430 g/mol. The zero-order valence-electron chi connectivity index (χ0n) is 64.3. The van der Waals surface area contributed by atoms with Crippen LogP contribution in [0, 0.1) is 0 Å². The molecule has 0 radical (unpaired) electrons. The van der Waals surface area contributed by atoms with E-state index in [1.807, 2.05) is 12.1 Å². The van der Waals surface area contributed by atoms with Gasteiger partial charge in [-0.1, -0.05) is 315 Å². The van der Waals surface area contributed by atoms with Crippen LogP contribution in [0.3, 0.4) is 0 Å². The second-order valence-electron chi connectivity index (χ2n) is 30.2. The van der Waals surface area contributed by atoms with Crippen molar-refractivity contribution in [2.75, 3.05) is 0 Å². The second-order valence-corrected chi connectivity index (χ2v) is 30.2. The smallest absolute Gasteiger partial charge is 0.160 e. The summed E-state index contributed by atoms with van der Waals surface area (Å²) in [5.74, 6) is 0.692. The Hall–Kier alpha value is -15.8. The maximum Gasteiger partial charge on any atom is 0.160 e. The lowest BCUT2D eigenvalue weighted by atomic mass is 9.97. The molecule has 17 aromatic carbocycles. The van der Waals surface area contributed by atoms with Crippen molar-refractivity contribution in [1.29, 1.82) is 0 Å². The van der Waals surface area contributed by atoms with Gasteiger partial charge in [0.25, 0.3) is 0 Å². The van der Waals surface area contributed by atoms with Gasteiger partial charge in [0, 0.05) is 93.7 Å². The zero-order valence-corrected chi connectivity index (χ0v) is 64.3. The summed E-state index contributed by atoms with van der Waals surface area (Å²) in [4.78, 5) is 15.6. The van der Waals surface area contributed by atoms with Crippen LogP contribution >= 0.6 is 0 Å². The number of para-hydroxylation sites is 6. The summed E-state index contributed by atoms with van der Waals surface area (Å²) in [6, 6.07) is 158. The van der Waals surface area contributed by atoms with Crippen molar-refractivity contribution in [2.45, 2.75) is 0 Å². The Labute approximate surface area is 682 Å². The van der Waals surface area contributed by atoms with Crippen LogP contribution in [0.5, 0.6) is 0 Å². The van der Waals surface area contributed by atoms with E-state index in [1.165, 1.54) is 121 Å². The molecule has 23 rings (SSSR count). The van der Waals surface area contributed by atoms with Crippen molar-refractivity contribution in [3.8, 4) is 124 Å².